The van der Waals surface area contributed by atoms with Crippen LogP contribution in [0, 0.1) is 11.8 Å². The lowest BCUT2D eigenvalue weighted by atomic mass is 9.81. The number of piperidine rings is 1. The molecule has 0 aliphatic carbocycles. The summed E-state index contributed by atoms with van der Waals surface area (Å²) in [6, 6.07) is 12.2. The maximum absolute atomic E-state index is 12.5. The van der Waals surface area contributed by atoms with Crippen molar-refractivity contribution in [1.29, 1.82) is 0 Å². The Labute approximate surface area is 192 Å². The quantitative estimate of drug-likeness (QED) is 0.474. The molecular weight excluding hydrogens is 426 g/mol. The number of nitrogens with one attached hydrogen (secondary N) is 3. The molecule has 0 saturated carbocycles. The van der Waals surface area contributed by atoms with Crippen LogP contribution in [-0.2, 0) is 17.0 Å². The lowest BCUT2D eigenvalue weighted by molar-refractivity contribution is -0.122. The summed E-state index contributed by atoms with van der Waals surface area (Å²) in [5, 5.41) is 13.5. The Morgan fingerprint density at radius 2 is 2.12 bits per heavy atom. The zero-order valence-corrected chi connectivity index (χ0v) is 19.0. The molecule has 2 saturated heterocycles. The summed E-state index contributed by atoms with van der Waals surface area (Å²) in [6.45, 7) is 4.24. The van der Waals surface area contributed by atoms with Gasteiger partial charge in [-0.1, -0.05) is 23.4 Å². The summed E-state index contributed by atoms with van der Waals surface area (Å²) in [5.74, 6) is 2.34. The molecule has 2 aliphatic heterocycles. The number of hydrogen-bond donors (Lipinski definition) is 3. The monoisotopic (exact) mass is 457 g/mol. The molecule has 2 fully saturated rings. The second kappa shape index (κ2) is 11.4. The van der Waals surface area contributed by atoms with E-state index in [0.717, 1.165) is 43.1 Å². The number of hydrogen-bond acceptors (Lipinski definition) is 6. The van der Waals surface area contributed by atoms with E-state index in [1.807, 2.05) is 24.3 Å². The third kappa shape index (κ3) is 6.49. The zero-order valence-electron chi connectivity index (χ0n) is 18.2. The van der Waals surface area contributed by atoms with Gasteiger partial charge in [-0.05, 0) is 49.9 Å². The first-order valence-corrected chi connectivity index (χ1v) is 12.3. The highest BCUT2D eigenvalue weighted by molar-refractivity contribution is 7.98. The fourth-order valence-electron chi connectivity index (χ4n) is 4.31. The van der Waals surface area contributed by atoms with Crippen molar-refractivity contribution in [1.82, 2.24) is 26.0 Å². The van der Waals surface area contributed by atoms with Crippen molar-refractivity contribution < 1.29 is 14.1 Å². The van der Waals surface area contributed by atoms with Crippen molar-refractivity contribution in [2.75, 3.05) is 39.3 Å². The summed E-state index contributed by atoms with van der Waals surface area (Å²) in [5.41, 5.74) is 0.952. The summed E-state index contributed by atoms with van der Waals surface area (Å²) in [7, 11) is 0. The van der Waals surface area contributed by atoms with E-state index in [0.29, 0.717) is 44.4 Å². The van der Waals surface area contributed by atoms with Crippen LogP contribution in [0.15, 0.2) is 45.8 Å². The van der Waals surface area contributed by atoms with Crippen molar-refractivity contribution in [3.8, 4) is 0 Å². The number of carbonyl (C=O) groups is 2. The van der Waals surface area contributed by atoms with Gasteiger partial charge in [0.15, 0.2) is 0 Å². The number of urea groups is 1. The highest BCUT2D eigenvalue weighted by atomic mass is 32.2. The van der Waals surface area contributed by atoms with Crippen LogP contribution in [-0.4, -0.2) is 61.3 Å². The van der Waals surface area contributed by atoms with Crippen LogP contribution >= 0.6 is 11.8 Å². The molecule has 8 nitrogen and oxygen atoms in total. The van der Waals surface area contributed by atoms with E-state index in [1.165, 1.54) is 4.90 Å². The second-order valence-corrected chi connectivity index (χ2v) is 9.43. The minimum atomic E-state index is -0.0492. The van der Waals surface area contributed by atoms with Gasteiger partial charge in [-0.15, -0.1) is 11.8 Å². The molecule has 1 aromatic heterocycles. The van der Waals surface area contributed by atoms with E-state index in [1.54, 1.807) is 16.7 Å². The highest BCUT2D eigenvalue weighted by Crippen LogP contribution is 2.27. The molecule has 0 spiro atoms. The molecule has 2 aliphatic rings. The van der Waals surface area contributed by atoms with E-state index >= 15 is 0 Å². The standard InChI is InChI=1S/C23H31N5O3S/c29-22(25-8-10-28-11-9-26-23(28)30)13-17-6-7-24-15-18(17)12-19-14-20(31-27-19)16-32-21-4-2-1-3-5-21/h1-5,14,17-18,24H,6-13,15-16H2,(H,25,29)(H,26,30)/t17-,18-/m0/s1. The third-order valence-corrected chi connectivity index (χ3v) is 7.10. The van der Waals surface area contributed by atoms with E-state index in [2.05, 4.69) is 33.2 Å². The SMILES string of the molecule is O=C(C[C@@H]1CCNC[C@@H]1Cc1cc(CSc2ccccc2)on1)NCCN1CCNC1=O. The molecule has 3 N–H and O–H groups in total. The Morgan fingerprint density at radius 1 is 1.25 bits per heavy atom. The van der Waals surface area contributed by atoms with Gasteiger partial charge in [0.2, 0.25) is 5.91 Å². The molecule has 3 heterocycles. The smallest absolute Gasteiger partial charge is 0.317 e. The maximum atomic E-state index is 12.5. The summed E-state index contributed by atoms with van der Waals surface area (Å²) in [6.07, 6.45) is 2.28. The third-order valence-electron chi connectivity index (χ3n) is 6.07. The number of amides is 3. The molecule has 0 unspecified atom stereocenters. The minimum absolute atomic E-state index is 0.0492. The topological polar surface area (TPSA) is 99.5 Å². The Kier molecular flexibility index (Phi) is 8.06. The van der Waals surface area contributed by atoms with Crippen LogP contribution in [0.5, 0.6) is 0 Å². The van der Waals surface area contributed by atoms with E-state index in [9.17, 15) is 9.59 Å². The highest BCUT2D eigenvalue weighted by Gasteiger charge is 2.28. The van der Waals surface area contributed by atoms with Gasteiger partial charge in [0.05, 0.1) is 11.4 Å². The molecule has 0 bridgehead atoms. The number of benzene rings is 1. The number of aromatic nitrogens is 1. The van der Waals surface area contributed by atoms with Crippen LogP contribution in [0.2, 0.25) is 0 Å². The molecule has 2 aromatic rings. The zero-order chi connectivity index (χ0) is 22.2. The van der Waals surface area contributed by atoms with Gasteiger partial charge in [-0.25, -0.2) is 4.79 Å². The van der Waals surface area contributed by atoms with Crippen LogP contribution < -0.4 is 16.0 Å². The van der Waals surface area contributed by atoms with Crippen LogP contribution in [0.25, 0.3) is 0 Å². The first-order valence-electron chi connectivity index (χ1n) is 11.3. The summed E-state index contributed by atoms with van der Waals surface area (Å²) in [4.78, 5) is 27.0. The number of thioether (sulfide) groups is 1. The first kappa shape index (κ1) is 22.7. The van der Waals surface area contributed by atoms with Gasteiger partial charge < -0.3 is 25.4 Å². The van der Waals surface area contributed by atoms with Gasteiger partial charge in [0.25, 0.3) is 0 Å². The van der Waals surface area contributed by atoms with Crippen molar-refractivity contribution in [3.63, 3.8) is 0 Å². The molecular formula is C23H31N5O3S. The number of nitrogens with zero attached hydrogens (tertiary/aromatic N) is 2. The summed E-state index contributed by atoms with van der Waals surface area (Å²) < 4.78 is 5.55. The Bertz CT molecular complexity index is 891. The maximum Gasteiger partial charge on any atom is 0.317 e. The van der Waals surface area contributed by atoms with Crippen molar-refractivity contribution in [2.24, 2.45) is 11.8 Å². The molecule has 3 amide bonds. The van der Waals surface area contributed by atoms with Gasteiger partial charge >= 0.3 is 6.03 Å². The molecule has 172 valence electrons. The summed E-state index contributed by atoms with van der Waals surface area (Å²) >= 11 is 1.73. The van der Waals surface area contributed by atoms with Crippen molar-refractivity contribution >= 4 is 23.7 Å². The van der Waals surface area contributed by atoms with Crippen LogP contribution in [0.3, 0.4) is 0 Å². The average Bonchev–Trinajstić information content (AvgIpc) is 3.43. The van der Waals surface area contributed by atoms with Gasteiger partial charge in [-0.2, -0.15) is 0 Å². The fourth-order valence-corrected chi connectivity index (χ4v) is 5.10. The average molecular weight is 458 g/mol. The Hall–Kier alpha value is -2.52. The molecule has 4 rings (SSSR count). The van der Waals surface area contributed by atoms with Crippen molar-refractivity contribution in [3.05, 3.63) is 47.9 Å². The molecule has 32 heavy (non-hydrogen) atoms. The molecule has 0 radical (unpaired) electrons. The fraction of sp³-hybridized carbons (Fsp3) is 0.522. The normalized spacial score (nSPS) is 20.9. The lowest BCUT2D eigenvalue weighted by Gasteiger charge is -2.31. The van der Waals surface area contributed by atoms with E-state index in [-0.39, 0.29) is 11.9 Å². The van der Waals surface area contributed by atoms with Crippen LogP contribution in [0.1, 0.15) is 24.3 Å². The lowest BCUT2D eigenvalue weighted by Crippen LogP contribution is -2.41. The largest absolute Gasteiger partial charge is 0.360 e. The molecule has 9 heteroatoms. The Balaban J connectivity index is 1.23. The van der Waals surface area contributed by atoms with Gasteiger partial charge in [0, 0.05) is 43.6 Å². The number of rotatable bonds is 10. The predicted octanol–water partition coefficient (Wildman–Crippen LogP) is 2.27. The minimum Gasteiger partial charge on any atom is -0.360 e. The van der Waals surface area contributed by atoms with E-state index in [4.69, 9.17) is 4.52 Å². The first-order chi connectivity index (χ1) is 15.7. The second-order valence-electron chi connectivity index (χ2n) is 8.38. The molecule has 2 atom stereocenters. The van der Waals surface area contributed by atoms with Crippen molar-refractivity contribution in [2.45, 2.75) is 29.9 Å². The predicted molar refractivity (Wildman–Crippen MR) is 123 cm³/mol. The molecule has 1 aromatic carbocycles. The Morgan fingerprint density at radius 3 is 2.94 bits per heavy atom. The van der Waals surface area contributed by atoms with Crippen LogP contribution in [0.4, 0.5) is 4.79 Å². The van der Waals surface area contributed by atoms with Gasteiger partial charge in [-0.3, -0.25) is 4.79 Å². The van der Waals surface area contributed by atoms with E-state index < -0.39 is 0 Å². The number of carbonyl (C=O) groups excluding carboxylic acids is 2. The van der Waals surface area contributed by atoms with Gasteiger partial charge in [0.1, 0.15) is 5.76 Å².